The van der Waals surface area contributed by atoms with Crippen LogP contribution in [0.15, 0.2) is 42.5 Å². The molecule has 0 atom stereocenters. The van der Waals surface area contributed by atoms with Crippen molar-refractivity contribution in [3.63, 3.8) is 0 Å². The Kier molecular flexibility index (Phi) is 6.56. The first kappa shape index (κ1) is 16.7. The van der Waals surface area contributed by atoms with Crippen molar-refractivity contribution in [3.05, 3.63) is 58.6 Å². The molecule has 2 aromatic rings. The highest BCUT2D eigenvalue weighted by Crippen LogP contribution is 2.21. The third-order valence-electron chi connectivity index (χ3n) is 3.27. The minimum atomic E-state index is 0.568. The lowest BCUT2D eigenvalue weighted by molar-refractivity contribution is 0.110. The van der Waals surface area contributed by atoms with E-state index < -0.39 is 0 Å². The zero-order valence-electron chi connectivity index (χ0n) is 13.1. The predicted molar refractivity (Wildman–Crippen MR) is 91.9 cm³/mol. The van der Waals surface area contributed by atoms with Crippen LogP contribution in [-0.4, -0.2) is 19.8 Å². The van der Waals surface area contributed by atoms with Crippen LogP contribution in [0.1, 0.15) is 18.1 Å². The van der Waals surface area contributed by atoms with Gasteiger partial charge in [0, 0.05) is 23.9 Å². The Hall–Kier alpha value is -1.71. The average Bonchev–Trinajstić information content (AvgIpc) is 2.53. The Bertz CT molecular complexity index is 601. The van der Waals surface area contributed by atoms with E-state index in [1.165, 1.54) is 0 Å². The number of halogens is 1. The fraction of sp³-hybridized carbons (Fsp3) is 0.333. The van der Waals surface area contributed by atoms with Gasteiger partial charge in [-0.05, 0) is 49.2 Å². The number of anilines is 1. The Labute approximate surface area is 137 Å². The maximum atomic E-state index is 6.13. The van der Waals surface area contributed by atoms with E-state index in [1.807, 2.05) is 50.2 Å². The molecule has 118 valence electrons. The van der Waals surface area contributed by atoms with Crippen molar-refractivity contribution in [1.82, 2.24) is 0 Å². The molecule has 0 amide bonds. The van der Waals surface area contributed by atoms with Crippen LogP contribution in [0.25, 0.3) is 0 Å². The van der Waals surface area contributed by atoms with E-state index in [2.05, 4.69) is 11.4 Å². The summed E-state index contributed by atoms with van der Waals surface area (Å²) in [4.78, 5) is 0. The highest BCUT2D eigenvalue weighted by molar-refractivity contribution is 6.31. The quantitative estimate of drug-likeness (QED) is 0.717. The summed E-state index contributed by atoms with van der Waals surface area (Å²) in [7, 11) is 0. The van der Waals surface area contributed by atoms with Crippen molar-refractivity contribution in [2.75, 3.05) is 25.1 Å². The normalized spacial score (nSPS) is 10.5. The Morgan fingerprint density at radius 1 is 1.09 bits per heavy atom. The zero-order chi connectivity index (χ0) is 15.8. The summed E-state index contributed by atoms with van der Waals surface area (Å²) < 4.78 is 10.9. The van der Waals surface area contributed by atoms with Crippen LogP contribution in [0.3, 0.4) is 0 Å². The lowest BCUT2D eigenvalue weighted by atomic mass is 10.2. The van der Waals surface area contributed by atoms with Crippen molar-refractivity contribution in [3.8, 4) is 5.75 Å². The van der Waals surface area contributed by atoms with Crippen molar-refractivity contribution >= 4 is 17.3 Å². The van der Waals surface area contributed by atoms with Crippen LogP contribution < -0.4 is 10.1 Å². The van der Waals surface area contributed by atoms with Gasteiger partial charge in [-0.3, -0.25) is 0 Å². The van der Waals surface area contributed by atoms with Gasteiger partial charge in [-0.1, -0.05) is 29.8 Å². The van der Waals surface area contributed by atoms with Crippen LogP contribution in [0, 0.1) is 6.92 Å². The molecule has 4 heteroatoms. The third kappa shape index (κ3) is 5.24. The van der Waals surface area contributed by atoms with Crippen LogP contribution in [0.2, 0.25) is 5.02 Å². The molecule has 0 heterocycles. The van der Waals surface area contributed by atoms with E-state index in [0.29, 0.717) is 19.8 Å². The highest BCUT2D eigenvalue weighted by atomic mass is 35.5. The second kappa shape index (κ2) is 8.66. The van der Waals surface area contributed by atoms with Gasteiger partial charge in [-0.25, -0.2) is 0 Å². The molecular weight excluding hydrogens is 298 g/mol. The summed E-state index contributed by atoms with van der Waals surface area (Å²) in [6, 6.07) is 14.0. The molecule has 0 aliphatic carbocycles. The Morgan fingerprint density at radius 3 is 2.73 bits per heavy atom. The third-order valence-corrected chi connectivity index (χ3v) is 3.67. The molecule has 0 aliphatic rings. The monoisotopic (exact) mass is 319 g/mol. The molecule has 0 aliphatic heterocycles. The molecule has 0 unspecified atom stereocenters. The molecular formula is C18H22ClNO2. The molecule has 1 N–H and O–H groups in total. The molecule has 0 aromatic heterocycles. The molecule has 0 bridgehead atoms. The van der Waals surface area contributed by atoms with Crippen molar-refractivity contribution in [2.45, 2.75) is 20.4 Å². The van der Waals surface area contributed by atoms with Crippen LogP contribution in [0.5, 0.6) is 5.75 Å². The van der Waals surface area contributed by atoms with E-state index in [9.17, 15) is 0 Å². The maximum absolute atomic E-state index is 6.13. The summed E-state index contributed by atoms with van der Waals surface area (Å²) in [6.45, 7) is 6.59. The van der Waals surface area contributed by atoms with E-state index in [0.717, 1.165) is 34.1 Å². The van der Waals surface area contributed by atoms with Gasteiger partial charge in [0.15, 0.2) is 0 Å². The first-order valence-electron chi connectivity index (χ1n) is 7.48. The van der Waals surface area contributed by atoms with Gasteiger partial charge in [0.1, 0.15) is 12.4 Å². The first-order valence-corrected chi connectivity index (χ1v) is 7.86. The van der Waals surface area contributed by atoms with Crippen molar-refractivity contribution in [1.29, 1.82) is 0 Å². The average molecular weight is 320 g/mol. The molecule has 0 spiro atoms. The number of aryl methyl sites for hydroxylation is 1. The van der Waals surface area contributed by atoms with Gasteiger partial charge in [-0.15, -0.1) is 0 Å². The Morgan fingerprint density at radius 2 is 1.95 bits per heavy atom. The van der Waals surface area contributed by atoms with Crippen molar-refractivity contribution < 1.29 is 9.47 Å². The topological polar surface area (TPSA) is 30.5 Å². The molecule has 0 saturated carbocycles. The van der Waals surface area contributed by atoms with E-state index in [-0.39, 0.29) is 0 Å². The summed E-state index contributed by atoms with van der Waals surface area (Å²) in [6.07, 6.45) is 0. The lowest BCUT2D eigenvalue weighted by Gasteiger charge is -2.10. The van der Waals surface area contributed by atoms with E-state index in [1.54, 1.807) is 0 Å². The van der Waals surface area contributed by atoms with Gasteiger partial charge >= 0.3 is 0 Å². The molecule has 3 nitrogen and oxygen atoms in total. The minimum Gasteiger partial charge on any atom is -0.491 e. The second-order valence-corrected chi connectivity index (χ2v) is 5.42. The first-order chi connectivity index (χ1) is 10.7. The Balaban J connectivity index is 1.88. The van der Waals surface area contributed by atoms with E-state index >= 15 is 0 Å². The molecule has 0 radical (unpaired) electrons. The molecule has 0 fully saturated rings. The SMILES string of the molecule is CCOCCOc1cccc(CNc2ccc(C)c(Cl)c2)c1. The largest absolute Gasteiger partial charge is 0.491 e. The summed E-state index contributed by atoms with van der Waals surface area (Å²) >= 11 is 6.13. The number of ether oxygens (including phenoxy) is 2. The van der Waals surface area contributed by atoms with Crippen LogP contribution in [-0.2, 0) is 11.3 Å². The predicted octanol–water partition coefficient (Wildman–Crippen LogP) is 4.68. The smallest absolute Gasteiger partial charge is 0.119 e. The van der Waals surface area contributed by atoms with Crippen LogP contribution in [0.4, 0.5) is 5.69 Å². The summed E-state index contributed by atoms with van der Waals surface area (Å²) in [5.74, 6) is 0.862. The minimum absolute atomic E-state index is 0.568. The molecule has 2 aromatic carbocycles. The molecule has 0 saturated heterocycles. The van der Waals surface area contributed by atoms with Gasteiger partial charge in [-0.2, -0.15) is 0 Å². The summed E-state index contributed by atoms with van der Waals surface area (Å²) in [5, 5.41) is 4.14. The fourth-order valence-corrected chi connectivity index (χ4v) is 2.20. The molecule has 22 heavy (non-hydrogen) atoms. The van der Waals surface area contributed by atoms with Crippen molar-refractivity contribution in [2.24, 2.45) is 0 Å². The fourth-order valence-electron chi connectivity index (χ4n) is 2.01. The summed E-state index contributed by atoms with van der Waals surface area (Å²) in [5.41, 5.74) is 3.25. The van der Waals surface area contributed by atoms with Gasteiger partial charge < -0.3 is 14.8 Å². The number of hydrogen-bond donors (Lipinski definition) is 1. The highest BCUT2D eigenvalue weighted by Gasteiger charge is 2.00. The zero-order valence-corrected chi connectivity index (χ0v) is 13.8. The lowest BCUT2D eigenvalue weighted by Crippen LogP contribution is -2.06. The number of nitrogens with one attached hydrogen (secondary N) is 1. The second-order valence-electron chi connectivity index (χ2n) is 5.01. The maximum Gasteiger partial charge on any atom is 0.119 e. The number of hydrogen-bond acceptors (Lipinski definition) is 3. The van der Waals surface area contributed by atoms with E-state index in [4.69, 9.17) is 21.1 Å². The van der Waals surface area contributed by atoms with Gasteiger partial charge in [0.25, 0.3) is 0 Å². The van der Waals surface area contributed by atoms with Crippen LogP contribution >= 0.6 is 11.6 Å². The number of rotatable bonds is 8. The van der Waals surface area contributed by atoms with Gasteiger partial charge in [0.2, 0.25) is 0 Å². The standard InChI is InChI=1S/C18H22ClNO2/c1-3-21-9-10-22-17-6-4-5-15(11-17)13-20-16-8-7-14(2)18(19)12-16/h4-8,11-12,20H,3,9-10,13H2,1-2H3. The molecule has 2 rings (SSSR count). The number of benzene rings is 2. The van der Waals surface area contributed by atoms with Gasteiger partial charge in [0.05, 0.1) is 6.61 Å².